The molecule has 0 aliphatic rings. The van der Waals surface area contributed by atoms with Crippen molar-refractivity contribution >= 4 is 17.6 Å². The van der Waals surface area contributed by atoms with Gasteiger partial charge in [-0.1, -0.05) is 39.8 Å². The van der Waals surface area contributed by atoms with E-state index in [2.05, 4.69) is 29.5 Å². The molecule has 5 nitrogen and oxygen atoms in total. The molecule has 23 heavy (non-hydrogen) atoms. The summed E-state index contributed by atoms with van der Waals surface area (Å²) < 4.78 is 0. The lowest BCUT2D eigenvalue weighted by molar-refractivity contribution is -0.116. The number of nitrogens with zero attached hydrogens (tertiary/aromatic N) is 1. The Morgan fingerprint density at radius 3 is 2.61 bits per heavy atom. The van der Waals surface area contributed by atoms with Crippen LogP contribution >= 0.6 is 0 Å². The first-order valence-corrected chi connectivity index (χ1v) is 8.29. The minimum absolute atomic E-state index is 0.0375. The molecule has 0 aliphatic carbocycles. The van der Waals surface area contributed by atoms with Gasteiger partial charge in [0.05, 0.1) is 6.54 Å². The lowest BCUT2D eigenvalue weighted by Crippen LogP contribution is -2.32. The van der Waals surface area contributed by atoms with Gasteiger partial charge < -0.3 is 16.4 Å². The molecule has 1 aromatic rings. The molecule has 0 saturated carbocycles. The van der Waals surface area contributed by atoms with E-state index in [0.717, 1.165) is 24.2 Å². The minimum Gasteiger partial charge on any atom is -0.370 e. The number of nitrogens with two attached hydrogens (primary N) is 1. The number of benzene rings is 1. The Labute approximate surface area is 139 Å². The summed E-state index contributed by atoms with van der Waals surface area (Å²) in [5.74, 6) is 1.48. The van der Waals surface area contributed by atoms with Crippen LogP contribution in [0, 0.1) is 11.8 Å². The number of carbonyl (C=O) groups is 1. The third kappa shape index (κ3) is 8.86. The summed E-state index contributed by atoms with van der Waals surface area (Å²) in [6, 6.07) is 7.71. The topological polar surface area (TPSA) is 79.5 Å². The number of nitrogens with one attached hydrogen (secondary N) is 2. The lowest BCUT2D eigenvalue weighted by Gasteiger charge is -2.09. The maximum absolute atomic E-state index is 11.8. The number of carbonyl (C=O) groups excluding carboxylic acids is 1. The molecule has 128 valence electrons. The van der Waals surface area contributed by atoms with Gasteiger partial charge in [0.25, 0.3) is 0 Å². The molecule has 0 atom stereocenters. The van der Waals surface area contributed by atoms with E-state index in [9.17, 15) is 4.79 Å². The fraction of sp³-hybridized carbons (Fsp3) is 0.556. The third-order valence-electron chi connectivity index (χ3n) is 3.26. The summed E-state index contributed by atoms with van der Waals surface area (Å²) in [7, 11) is 0. The average molecular weight is 318 g/mol. The fourth-order valence-electron chi connectivity index (χ4n) is 2.05. The highest BCUT2D eigenvalue weighted by Gasteiger charge is 2.05. The van der Waals surface area contributed by atoms with E-state index in [1.54, 1.807) is 0 Å². The van der Waals surface area contributed by atoms with E-state index in [0.29, 0.717) is 30.8 Å². The van der Waals surface area contributed by atoms with Crippen LogP contribution in [-0.4, -0.2) is 18.4 Å². The van der Waals surface area contributed by atoms with Crippen LogP contribution in [0.5, 0.6) is 0 Å². The molecule has 5 heteroatoms. The minimum atomic E-state index is 0.0375. The second-order valence-corrected chi connectivity index (χ2v) is 6.66. The van der Waals surface area contributed by atoms with Crippen LogP contribution in [0.25, 0.3) is 0 Å². The molecule has 0 radical (unpaired) electrons. The second-order valence-electron chi connectivity index (χ2n) is 6.66. The highest BCUT2D eigenvalue weighted by atomic mass is 16.1. The molecule has 0 bridgehead atoms. The van der Waals surface area contributed by atoms with E-state index in [-0.39, 0.29) is 5.91 Å². The van der Waals surface area contributed by atoms with E-state index in [1.165, 1.54) is 0 Å². The van der Waals surface area contributed by atoms with Gasteiger partial charge in [-0.05, 0) is 36.0 Å². The fourth-order valence-corrected chi connectivity index (χ4v) is 2.05. The van der Waals surface area contributed by atoms with Gasteiger partial charge in [0.2, 0.25) is 5.91 Å². The largest absolute Gasteiger partial charge is 0.370 e. The van der Waals surface area contributed by atoms with Crippen molar-refractivity contribution < 1.29 is 4.79 Å². The molecule has 0 aromatic heterocycles. The molecule has 1 rings (SSSR count). The van der Waals surface area contributed by atoms with E-state index in [4.69, 9.17) is 5.73 Å². The summed E-state index contributed by atoms with van der Waals surface area (Å²) in [5.41, 5.74) is 7.67. The smallest absolute Gasteiger partial charge is 0.224 e. The van der Waals surface area contributed by atoms with E-state index < -0.39 is 0 Å². The van der Waals surface area contributed by atoms with Gasteiger partial charge in [-0.15, -0.1) is 0 Å². The van der Waals surface area contributed by atoms with Crippen LogP contribution in [0.1, 0.15) is 46.1 Å². The summed E-state index contributed by atoms with van der Waals surface area (Å²) >= 11 is 0. The van der Waals surface area contributed by atoms with Gasteiger partial charge in [0, 0.05) is 18.7 Å². The van der Waals surface area contributed by atoms with Crippen LogP contribution in [0.4, 0.5) is 5.69 Å². The highest BCUT2D eigenvalue weighted by molar-refractivity contribution is 5.90. The summed E-state index contributed by atoms with van der Waals surface area (Å²) in [6.07, 6.45) is 1.59. The molecular formula is C18H30N4O. The zero-order chi connectivity index (χ0) is 17.2. The Kier molecular flexibility index (Phi) is 8.16. The van der Waals surface area contributed by atoms with E-state index in [1.807, 2.05) is 38.1 Å². The number of hydrogen-bond acceptors (Lipinski definition) is 2. The van der Waals surface area contributed by atoms with Gasteiger partial charge in [0.1, 0.15) is 0 Å². The molecule has 0 spiro atoms. The molecule has 0 saturated heterocycles. The van der Waals surface area contributed by atoms with Gasteiger partial charge in [-0.25, -0.2) is 4.99 Å². The molecule has 1 amide bonds. The van der Waals surface area contributed by atoms with Crippen molar-refractivity contribution in [3.63, 3.8) is 0 Å². The normalized spacial score (nSPS) is 11.8. The predicted molar refractivity (Wildman–Crippen MR) is 97.3 cm³/mol. The third-order valence-corrected chi connectivity index (χ3v) is 3.26. The second kappa shape index (κ2) is 9.87. The van der Waals surface area contributed by atoms with Crippen molar-refractivity contribution in [2.45, 2.75) is 47.1 Å². The van der Waals surface area contributed by atoms with Crippen LogP contribution in [0.2, 0.25) is 0 Å². The Hall–Kier alpha value is -2.04. The molecule has 0 fully saturated rings. The first-order valence-electron chi connectivity index (χ1n) is 8.29. The van der Waals surface area contributed by atoms with Gasteiger partial charge >= 0.3 is 0 Å². The van der Waals surface area contributed by atoms with Crippen molar-refractivity contribution in [1.82, 2.24) is 5.32 Å². The molecule has 4 N–H and O–H groups in total. The lowest BCUT2D eigenvalue weighted by atomic mass is 10.1. The number of rotatable bonds is 8. The number of guanidine groups is 1. The van der Waals surface area contributed by atoms with Crippen molar-refractivity contribution in [2.24, 2.45) is 22.6 Å². The molecule has 0 aliphatic heterocycles. The first kappa shape index (κ1) is 19.0. The van der Waals surface area contributed by atoms with Crippen LogP contribution in [0.15, 0.2) is 29.3 Å². The van der Waals surface area contributed by atoms with Crippen molar-refractivity contribution in [3.8, 4) is 0 Å². The van der Waals surface area contributed by atoms with Crippen LogP contribution in [0.3, 0.4) is 0 Å². The zero-order valence-electron chi connectivity index (χ0n) is 14.7. The molecular weight excluding hydrogens is 288 g/mol. The number of hydrogen-bond donors (Lipinski definition) is 3. The van der Waals surface area contributed by atoms with Gasteiger partial charge in [-0.2, -0.15) is 0 Å². The monoisotopic (exact) mass is 318 g/mol. The van der Waals surface area contributed by atoms with Crippen LogP contribution in [-0.2, 0) is 11.3 Å². The zero-order valence-corrected chi connectivity index (χ0v) is 14.7. The summed E-state index contributed by atoms with van der Waals surface area (Å²) in [4.78, 5) is 16.1. The quantitative estimate of drug-likeness (QED) is 0.509. The number of amides is 1. The maximum Gasteiger partial charge on any atom is 0.224 e. The predicted octanol–water partition coefficient (Wildman–Crippen LogP) is 3.12. The molecule has 0 unspecified atom stereocenters. The van der Waals surface area contributed by atoms with Gasteiger partial charge in [0.15, 0.2) is 5.96 Å². The van der Waals surface area contributed by atoms with Crippen molar-refractivity contribution in [1.29, 1.82) is 0 Å². The summed E-state index contributed by atoms with van der Waals surface area (Å²) in [6.45, 7) is 9.73. The number of anilines is 1. The van der Waals surface area contributed by atoms with Gasteiger partial charge in [-0.3, -0.25) is 4.79 Å². The van der Waals surface area contributed by atoms with Crippen molar-refractivity contribution in [2.75, 3.05) is 11.9 Å². The number of aliphatic imine (C=N–C) groups is 1. The Morgan fingerprint density at radius 1 is 1.22 bits per heavy atom. The molecule has 1 aromatic carbocycles. The standard InChI is InChI=1S/C18H30N4O/c1-13(2)8-9-20-18(19)21-12-15-6-5-7-16(11-15)22-17(23)10-14(3)4/h5-7,11,13-14H,8-10,12H2,1-4H3,(H,22,23)(H3,19,20,21). The Bertz CT molecular complexity index is 524. The molecule has 0 heterocycles. The highest BCUT2D eigenvalue weighted by Crippen LogP contribution is 2.13. The average Bonchev–Trinajstić information content (AvgIpc) is 2.44. The SMILES string of the molecule is CC(C)CCNC(N)=NCc1cccc(NC(=O)CC(C)C)c1. The van der Waals surface area contributed by atoms with E-state index >= 15 is 0 Å². The summed E-state index contributed by atoms with van der Waals surface area (Å²) in [5, 5.41) is 6.02. The van der Waals surface area contributed by atoms with Crippen LogP contribution < -0.4 is 16.4 Å². The first-order chi connectivity index (χ1) is 10.9. The Morgan fingerprint density at radius 2 is 1.96 bits per heavy atom. The van der Waals surface area contributed by atoms with Crippen molar-refractivity contribution in [3.05, 3.63) is 29.8 Å². The maximum atomic E-state index is 11.8. The Balaban J connectivity index is 2.51.